The van der Waals surface area contributed by atoms with Crippen LogP contribution in [0.1, 0.15) is 20.3 Å². The number of hydrogen-bond donors (Lipinski definition) is 1. The van der Waals surface area contributed by atoms with Gasteiger partial charge in [0.05, 0.1) is 15.2 Å². The molecule has 0 bridgehead atoms. The van der Waals surface area contributed by atoms with Crippen LogP contribution in [0.15, 0.2) is 18.2 Å². The van der Waals surface area contributed by atoms with Crippen LogP contribution in [-0.2, 0) is 0 Å². The van der Waals surface area contributed by atoms with Crippen molar-refractivity contribution in [3.63, 3.8) is 0 Å². The van der Waals surface area contributed by atoms with Gasteiger partial charge in [0, 0.05) is 12.6 Å². The van der Waals surface area contributed by atoms with Crippen LogP contribution in [0.4, 0.5) is 5.13 Å². The van der Waals surface area contributed by atoms with Crippen LogP contribution in [0.3, 0.4) is 0 Å². The zero-order chi connectivity index (χ0) is 14.7. The van der Waals surface area contributed by atoms with Gasteiger partial charge in [0.25, 0.3) is 0 Å². The van der Waals surface area contributed by atoms with E-state index in [0.29, 0.717) is 12.0 Å². The highest BCUT2D eigenvalue weighted by molar-refractivity contribution is 7.22. The number of rotatable bonds is 6. The molecule has 0 aliphatic heterocycles. The van der Waals surface area contributed by atoms with Crippen LogP contribution in [0.5, 0.6) is 0 Å². The van der Waals surface area contributed by atoms with E-state index < -0.39 is 0 Å². The van der Waals surface area contributed by atoms with Gasteiger partial charge in [-0.2, -0.15) is 0 Å². The van der Waals surface area contributed by atoms with Gasteiger partial charge >= 0.3 is 0 Å². The monoisotopic (exact) mass is 311 g/mol. The van der Waals surface area contributed by atoms with Gasteiger partial charge in [0.2, 0.25) is 0 Å². The summed E-state index contributed by atoms with van der Waals surface area (Å²) in [7, 11) is 4.20. The summed E-state index contributed by atoms with van der Waals surface area (Å²) >= 11 is 7.84. The number of thiazole rings is 1. The maximum Gasteiger partial charge on any atom is 0.184 e. The fourth-order valence-electron chi connectivity index (χ4n) is 2.34. The average Bonchev–Trinajstić information content (AvgIpc) is 2.71. The lowest BCUT2D eigenvalue weighted by Gasteiger charge is -2.23. The van der Waals surface area contributed by atoms with Gasteiger partial charge in [-0.05, 0) is 38.6 Å². The highest BCUT2D eigenvalue weighted by Gasteiger charge is 2.15. The fourth-order valence-corrected chi connectivity index (χ4v) is 3.57. The molecule has 1 heterocycles. The van der Waals surface area contributed by atoms with E-state index in [1.54, 1.807) is 11.3 Å². The van der Waals surface area contributed by atoms with Crippen molar-refractivity contribution in [2.45, 2.75) is 26.3 Å². The van der Waals surface area contributed by atoms with Crippen molar-refractivity contribution >= 4 is 38.3 Å². The minimum absolute atomic E-state index is 0.407. The molecule has 110 valence electrons. The average molecular weight is 312 g/mol. The number of aromatic nitrogens is 1. The van der Waals surface area contributed by atoms with Crippen molar-refractivity contribution in [1.82, 2.24) is 9.88 Å². The van der Waals surface area contributed by atoms with Gasteiger partial charge in [-0.3, -0.25) is 0 Å². The lowest BCUT2D eigenvalue weighted by atomic mass is 10.0. The maximum atomic E-state index is 6.21. The van der Waals surface area contributed by atoms with E-state index in [1.807, 2.05) is 18.2 Å². The predicted molar refractivity (Wildman–Crippen MR) is 90.0 cm³/mol. The second kappa shape index (κ2) is 6.74. The number of benzene rings is 1. The Balaban J connectivity index is 2.17. The number of likely N-dealkylation sites (N-methyl/N-ethyl adjacent to an activating group) is 1. The fraction of sp³-hybridized carbons (Fsp3) is 0.533. The Bertz CT molecular complexity index is 555. The molecule has 1 atom stereocenters. The predicted octanol–water partition coefficient (Wildman–Crippen LogP) is 4.34. The molecule has 0 aliphatic rings. The lowest BCUT2D eigenvalue weighted by molar-refractivity contribution is 0.356. The number of nitrogens with one attached hydrogen (secondary N) is 1. The third kappa shape index (κ3) is 4.08. The molecule has 3 nitrogen and oxygen atoms in total. The molecule has 2 rings (SSSR count). The number of nitrogens with zero attached hydrogens (tertiary/aromatic N) is 2. The first-order chi connectivity index (χ1) is 9.45. The van der Waals surface area contributed by atoms with E-state index in [2.05, 4.69) is 43.1 Å². The Morgan fingerprint density at radius 2 is 2.10 bits per heavy atom. The van der Waals surface area contributed by atoms with Gasteiger partial charge in [-0.1, -0.05) is 42.9 Å². The molecule has 1 aromatic carbocycles. The summed E-state index contributed by atoms with van der Waals surface area (Å²) < 4.78 is 1.06. The van der Waals surface area contributed by atoms with Crippen molar-refractivity contribution in [1.29, 1.82) is 0 Å². The first kappa shape index (κ1) is 15.5. The quantitative estimate of drug-likeness (QED) is 0.860. The molecule has 1 N–H and O–H groups in total. The van der Waals surface area contributed by atoms with Crippen LogP contribution in [0.25, 0.3) is 10.2 Å². The van der Waals surface area contributed by atoms with Crippen LogP contribution >= 0.6 is 22.9 Å². The topological polar surface area (TPSA) is 28.2 Å². The summed E-state index contributed by atoms with van der Waals surface area (Å²) in [6.07, 6.45) is 1.13. The molecular weight excluding hydrogens is 290 g/mol. The summed E-state index contributed by atoms with van der Waals surface area (Å²) in [6.45, 7) is 5.50. The van der Waals surface area contributed by atoms with E-state index in [1.165, 1.54) is 0 Å². The first-order valence-electron chi connectivity index (χ1n) is 6.92. The Hall–Kier alpha value is -0.840. The standard InChI is InChI=1S/C15H22ClN3S/c1-10(2)8-11(9-19(3)4)17-15-18-13-7-5-6-12(16)14(13)20-15/h5-7,10-11H,8-9H2,1-4H3,(H,17,18). The van der Waals surface area contributed by atoms with Crippen molar-refractivity contribution in [3.05, 3.63) is 23.2 Å². The summed E-state index contributed by atoms with van der Waals surface area (Å²) in [5.74, 6) is 0.658. The Morgan fingerprint density at radius 3 is 2.70 bits per heavy atom. The molecule has 20 heavy (non-hydrogen) atoms. The molecular formula is C15H22ClN3S. The number of anilines is 1. The lowest BCUT2D eigenvalue weighted by Crippen LogP contribution is -2.33. The summed E-state index contributed by atoms with van der Waals surface area (Å²) in [4.78, 5) is 6.84. The van der Waals surface area contributed by atoms with Gasteiger partial charge in [-0.15, -0.1) is 0 Å². The second-order valence-corrected chi connectivity index (χ2v) is 7.25. The van der Waals surface area contributed by atoms with E-state index in [-0.39, 0.29) is 0 Å². The minimum atomic E-state index is 0.407. The van der Waals surface area contributed by atoms with Crippen molar-refractivity contribution in [3.8, 4) is 0 Å². The number of fused-ring (bicyclic) bond motifs is 1. The molecule has 1 aromatic heterocycles. The molecule has 0 saturated carbocycles. The third-order valence-corrected chi connectivity index (χ3v) is 4.50. The van der Waals surface area contributed by atoms with E-state index >= 15 is 0 Å². The van der Waals surface area contributed by atoms with E-state index in [4.69, 9.17) is 11.6 Å². The Labute approximate surface area is 130 Å². The summed E-state index contributed by atoms with van der Waals surface area (Å²) in [5, 5.41) is 5.30. The van der Waals surface area contributed by atoms with Crippen molar-refractivity contribution < 1.29 is 0 Å². The van der Waals surface area contributed by atoms with Crippen LogP contribution in [0, 0.1) is 5.92 Å². The van der Waals surface area contributed by atoms with Gasteiger partial charge in [0.1, 0.15) is 0 Å². The Morgan fingerprint density at radius 1 is 1.35 bits per heavy atom. The molecule has 0 fully saturated rings. The van der Waals surface area contributed by atoms with E-state index in [0.717, 1.165) is 33.3 Å². The molecule has 0 amide bonds. The molecule has 0 saturated heterocycles. The molecule has 0 radical (unpaired) electrons. The zero-order valence-corrected chi connectivity index (χ0v) is 14.1. The van der Waals surface area contributed by atoms with Crippen LogP contribution in [-0.4, -0.2) is 36.6 Å². The summed E-state index contributed by atoms with van der Waals surface area (Å²) in [6, 6.07) is 6.27. The Kier molecular flexibility index (Phi) is 5.24. The number of halogens is 1. The molecule has 2 aromatic rings. The second-order valence-electron chi connectivity index (χ2n) is 5.84. The maximum absolute atomic E-state index is 6.21. The van der Waals surface area contributed by atoms with Gasteiger partial charge in [-0.25, -0.2) is 4.98 Å². The SMILES string of the molecule is CC(C)CC(CN(C)C)Nc1nc2cccc(Cl)c2s1. The minimum Gasteiger partial charge on any atom is -0.357 e. The largest absolute Gasteiger partial charge is 0.357 e. The smallest absolute Gasteiger partial charge is 0.184 e. The van der Waals surface area contributed by atoms with Crippen molar-refractivity contribution in [2.75, 3.05) is 26.0 Å². The highest BCUT2D eigenvalue weighted by atomic mass is 35.5. The van der Waals surface area contributed by atoms with E-state index in [9.17, 15) is 0 Å². The molecule has 0 spiro atoms. The molecule has 5 heteroatoms. The van der Waals surface area contributed by atoms with Gasteiger partial charge < -0.3 is 10.2 Å². The molecule has 0 aliphatic carbocycles. The summed E-state index contributed by atoms with van der Waals surface area (Å²) in [5.41, 5.74) is 0.971. The third-order valence-electron chi connectivity index (χ3n) is 3.04. The van der Waals surface area contributed by atoms with Crippen LogP contribution in [0.2, 0.25) is 5.02 Å². The normalized spacial score (nSPS) is 13.3. The number of hydrogen-bond acceptors (Lipinski definition) is 4. The van der Waals surface area contributed by atoms with Gasteiger partial charge in [0.15, 0.2) is 5.13 Å². The van der Waals surface area contributed by atoms with Crippen molar-refractivity contribution in [2.24, 2.45) is 5.92 Å². The highest BCUT2D eigenvalue weighted by Crippen LogP contribution is 2.32. The molecule has 1 unspecified atom stereocenters. The zero-order valence-electron chi connectivity index (χ0n) is 12.5. The first-order valence-corrected chi connectivity index (χ1v) is 8.11. The van der Waals surface area contributed by atoms with Crippen LogP contribution < -0.4 is 5.32 Å².